The van der Waals surface area contributed by atoms with Crippen molar-refractivity contribution in [1.29, 1.82) is 0 Å². The third kappa shape index (κ3) is 4.86. The van der Waals surface area contributed by atoms with Gasteiger partial charge in [-0.2, -0.15) is 0 Å². The summed E-state index contributed by atoms with van der Waals surface area (Å²) in [7, 11) is 0. The molecule has 0 saturated carbocycles. The highest BCUT2D eigenvalue weighted by Gasteiger charge is 2.20. The fourth-order valence-corrected chi connectivity index (χ4v) is 2.71. The Bertz CT molecular complexity index is 471. The van der Waals surface area contributed by atoms with Gasteiger partial charge in [-0.1, -0.05) is 0 Å². The Morgan fingerprint density at radius 3 is 2.71 bits per heavy atom. The summed E-state index contributed by atoms with van der Waals surface area (Å²) >= 11 is 0. The van der Waals surface area contributed by atoms with Crippen LogP contribution in [-0.2, 0) is 4.74 Å². The molecule has 0 spiro atoms. The van der Waals surface area contributed by atoms with Crippen molar-refractivity contribution in [2.24, 2.45) is 0 Å². The average molecular weight is 297 g/mol. The number of likely N-dealkylation sites (tertiary alicyclic amines) is 1. The molecule has 2 rings (SSSR count). The van der Waals surface area contributed by atoms with E-state index in [9.17, 15) is 13.6 Å². The highest BCUT2D eigenvalue weighted by atomic mass is 19.1. The SMILES string of the molecule is CCOC1CCCN(CCC(=O)c2cc(F)cc(F)c2)C1. The number of ketones is 1. The van der Waals surface area contributed by atoms with Gasteiger partial charge in [-0.15, -0.1) is 0 Å². The summed E-state index contributed by atoms with van der Waals surface area (Å²) in [4.78, 5) is 14.2. The van der Waals surface area contributed by atoms with E-state index in [4.69, 9.17) is 4.74 Å². The van der Waals surface area contributed by atoms with Crippen molar-refractivity contribution in [2.75, 3.05) is 26.2 Å². The minimum absolute atomic E-state index is 0.103. The van der Waals surface area contributed by atoms with E-state index in [1.165, 1.54) is 0 Å². The van der Waals surface area contributed by atoms with Gasteiger partial charge in [0.25, 0.3) is 0 Å². The molecule has 1 unspecified atom stereocenters. The molecule has 0 amide bonds. The van der Waals surface area contributed by atoms with E-state index in [2.05, 4.69) is 4.90 Å². The molecule has 0 aromatic heterocycles. The second-order valence-corrected chi connectivity index (χ2v) is 5.35. The molecule has 21 heavy (non-hydrogen) atoms. The van der Waals surface area contributed by atoms with Gasteiger partial charge < -0.3 is 9.64 Å². The van der Waals surface area contributed by atoms with Crippen LogP contribution in [0.4, 0.5) is 8.78 Å². The maximum Gasteiger partial charge on any atom is 0.164 e. The first kappa shape index (κ1) is 16.0. The van der Waals surface area contributed by atoms with Gasteiger partial charge in [0.2, 0.25) is 0 Å². The van der Waals surface area contributed by atoms with Crippen molar-refractivity contribution in [1.82, 2.24) is 4.90 Å². The van der Waals surface area contributed by atoms with Crippen LogP contribution in [0.1, 0.15) is 36.5 Å². The lowest BCUT2D eigenvalue weighted by atomic mass is 10.1. The van der Waals surface area contributed by atoms with Gasteiger partial charge in [-0.3, -0.25) is 4.79 Å². The fourth-order valence-electron chi connectivity index (χ4n) is 2.71. The number of carbonyl (C=O) groups is 1. The van der Waals surface area contributed by atoms with Crippen LogP contribution in [0.5, 0.6) is 0 Å². The molecule has 116 valence electrons. The van der Waals surface area contributed by atoms with Crippen LogP contribution in [0, 0.1) is 11.6 Å². The topological polar surface area (TPSA) is 29.5 Å². The lowest BCUT2D eigenvalue weighted by molar-refractivity contribution is 0.00589. The fraction of sp³-hybridized carbons (Fsp3) is 0.562. The molecule has 0 bridgehead atoms. The summed E-state index contributed by atoms with van der Waals surface area (Å²) < 4.78 is 31.8. The third-order valence-corrected chi connectivity index (χ3v) is 3.70. The van der Waals surface area contributed by atoms with Crippen molar-refractivity contribution in [2.45, 2.75) is 32.3 Å². The van der Waals surface area contributed by atoms with Gasteiger partial charge in [0.15, 0.2) is 5.78 Å². The molecule has 1 aromatic carbocycles. The Balaban J connectivity index is 1.86. The zero-order chi connectivity index (χ0) is 15.2. The van der Waals surface area contributed by atoms with Gasteiger partial charge in [-0.25, -0.2) is 8.78 Å². The summed E-state index contributed by atoms with van der Waals surface area (Å²) in [5.41, 5.74) is 0.103. The minimum Gasteiger partial charge on any atom is -0.377 e. The summed E-state index contributed by atoms with van der Waals surface area (Å²) in [6.07, 6.45) is 2.59. The number of carbonyl (C=O) groups excluding carboxylic acids is 1. The molecule has 0 N–H and O–H groups in total. The number of nitrogens with zero attached hydrogens (tertiary/aromatic N) is 1. The van der Waals surface area contributed by atoms with Crippen molar-refractivity contribution in [3.63, 3.8) is 0 Å². The Morgan fingerprint density at radius 1 is 1.33 bits per heavy atom. The second kappa shape index (κ2) is 7.61. The molecular formula is C16H21F2NO2. The molecule has 1 aliphatic rings. The van der Waals surface area contributed by atoms with E-state index in [1.54, 1.807) is 0 Å². The highest BCUT2D eigenvalue weighted by molar-refractivity contribution is 5.96. The number of hydrogen-bond acceptors (Lipinski definition) is 3. The number of Topliss-reactive ketones (excluding diaryl/α,β-unsaturated/α-hetero) is 1. The second-order valence-electron chi connectivity index (χ2n) is 5.35. The van der Waals surface area contributed by atoms with Crippen LogP contribution in [0.15, 0.2) is 18.2 Å². The molecule has 1 aromatic rings. The van der Waals surface area contributed by atoms with Crippen LogP contribution < -0.4 is 0 Å². The Kier molecular flexibility index (Phi) is 5.82. The summed E-state index contributed by atoms with van der Waals surface area (Å²) in [6, 6.07) is 2.95. The standard InChI is InChI=1S/C16H21F2NO2/c1-2-21-15-4-3-6-19(11-15)7-5-16(20)12-8-13(17)10-14(18)9-12/h8-10,15H,2-7,11H2,1H3. The number of benzene rings is 1. The first-order valence-electron chi connectivity index (χ1n) is 7.41. The molecule has 0 aliphatic carbocycles. The zero-order valence-corrected chi connectivity index (χ0v) is 12.3. The van der Waals surface area contributed by atoms with E-state index in [1.807, 2.05) is 6.92 Å². The smallest absolute Gasteiger partial charge is 0.164 e. The van der Waals surface area contributed by atoms with Crippen LogP contribution in [0.2, 0.25) is 0 Å². The highest BCUT2D eigenvalue weighted by Crippen LogP contribution is 2.15. The molecule has 3 nitrogen and oxygen atoms in total. The van der Waals surface area contributed by atoms with Crippen molar-refractivity contribution < 1.29 is 18.3 Å². The molecule has 1 aliphatic heterocycles. The molecule has 0 radical (unpaired) electrons. The Morgan fingerprint density at radius 2 is 2.05 bits per heavy atom. The van der Waals surface area contributed by atoms with E-state index in [-0.39, 0.29) is 23.9 Å². The average Bonchev–Trinajstić information content (AvgIpc) is 2.44. The van der Waals surface area contributed by atoms with Crippen molar-refractivity contribution in [3.05, 3.63) is 35.4 Å². The molecule has 1 fully saturated rings. The maximum atomic E-state index is 13.1. The van der Waals surface area contributed by atoms with Crippen LogP contribution in [0.3, 0.4) is 0 Å². The predicted molar refractivity (Wildman–Crippen MR) is 76.4 cm³/mol. The number of halogens is 2. The van der Waals surface area contributed by atoms with E-state index in [0.717, 1.165) is 44.1 Å². The molecule has 5 heteroatoms. The number of piperidine rings is 1. The Hall–Kier alpha value is -1.33. The third-order valence-electron chi connectivity index (χ3n) is 3.70. The van der Waals surface area contributed by atoms with Crippen LogP contribution >= 0.6 is 0 Å². The first-order chi connectivity index (χ1) is 10.1. The van der Waals surface area contributed by atoms with Gasteiger partial charge in [-0.05, 0) is 38.4 Å². The minimum atomic E-state index is -0.715. The zero-order valence-electron chi connectivity index (χ0n) is 12.3. The molecule has 1 saturated heterocycles. The number of hydrogen-bond donors (Lipinski definition) is 0. The first-order valence-corrected chi connectivity index (χ1v) is 7.41. The van der Waals surface area contributed by atoms with Gasteiger partial charge in [0.05, 0.1) is 6.10 Å². The lowest BCUT2D eigenvalue weighted by Gasteiger charge is -2.32. The summed E-state index contributed by atoms with van der Waals surface area (Å²) in [5, 5.41) is 0. The van der Waals surface area contributed by atoms with Crippen LogP contribution in [0.25, 0.3) is 0 Å². The van der Waals surface area contributed by atoms with Gasteiger partial charge >= 0.3 is 0 Å². The maximum absolute atomic E-state index is 13.1. The normalized spacial score (nSPS) is 19.7. The van der Waals surface area contributed by atoms with Crippen molar-refractivity contribution >= 4 is 5.78 Å². The quantitative estimate of drug-likeness (QED) is 0.756. The number of ether oxygens (including phenoxy) is 1. The molecule has 1 atom stereocenters. The summed E-state index contributed by atoms with van der Waals surface area (Å²) in [6.45, 7) is 5.02. The number of rotatable bonds is 6. The van der Waals surface area contributed by atoms with E-state index < -0.39 is 11.6 Å². The largest absolute Gasteiger partial charge is 0.377 e. The van der Waals surface area contributed by atoms with Crippen LogP contribution in [-0.4, -0.2) is 43.0 Å². The van der Waals surface area contributed by atoms with Gasteiger partial charge in [0.1, 0.15) is 11.6 Å². The van der Waals surface area contributed by atoms with E-state index in [0.29, 0.717) is 13.2 Å². The molecular weight excluding hydrogens is 276 g/mol. The van der Waals surface area contributed by atoms with Crippen molar-refractivity contribution in [3.8, 4) is 0 Å². The monoisotopic (exact) mass is 297 g/mol. The van der Waals surface area contributed by atoms with Gasteiger partial charge in [0, 0.05) is 37.7 Å². The molecule has 1 heterocycles. The predicted octanol–water partition coefficient (Wildman–Crippen LogP) is 3.04. The Labute approximate surface area is 123 Å². The lowest BCUT2D eigenvalue weighted by Crippen LogP contribution is -2.40. The summed E-state index contributed by atoms with van der Waals surface area (Å²) in [5.74, 6) is -1.66. The van der Waals surface area contributed by atoms with E-state index >= 15 is 0 Å².